The van der Waals surface area contributed by atoms with Crippen molar-refractivity contribution in [2.24, 2.45) is 5.92 Å². The van der Waals surface area contributed by atoms with Gasteiger partial charge < -0.3 is 9.47 Å². The molecule has 0 radical (unpaired) electrons. The van der Waals surface area contributed by atoms with E-state index < -0.39 is 22.2 Å². The molecule has 6 heteroatoms. The second kappa shape index (κ2) is 3.59. The van der Waals surface area contributed by atoms with Crippen molar-refractivity contribution in [3.8, 4) is 0 Å². The summed E-state index contributed by atoms with van der Waals surface area (Å²) in [7, 11) is 1.31. The number of carbonyl (C=O) groups excluding carboxylic acids is 2. The molecule has 0 aromatic rings. The van der Waals surface area contributed by atoms with Gasteiger partial charge in [-0.2, -0.15) is 0 Å². The molecule has 0 N–H and O–H groups in total. The van der Waals surface area contributed by atoms with Crippen LogP contribution in [0.3, 0.4) is 0 Å². The first-order chi connectivity index (χ1) is 6.99. The minimum atomic E-state index is -1.08. The number of alkyl halides is 1. The zero-order valence-corrected chi connectivity index (χ0v) is 11.0. The lowest BCUT2D eigenvalue weighted by molar-refractivity contribution is -0.167. The molecule has 1 aliphatic carbocycles. The zero-order chi connectivity index (χ0) is 11.2. The van der Waals surface area contributed by atoms with Crippen LogP contribution < -0.4 is 0 Å². The lowest BCUT2D eigenvalue weighted by atomic mass is 9.80. The molecule has 0 saturated carbocycles. The van der Waals surface area contributed by atoms with Crippen LogP contribution in [0.2, 0.25) is 0 Å². The molecule has 1 fully saturated rings. The largest absolute Gasteiger partial charge is 0.469 e. The van der Waals surface area contributed by atoms with Crippen molar-refractivity contribution < 1.29 is 19.1 Å². The van der Waals surface area contributed by atoms with E-state index in [2.05, 4.69) is 36.6 Å². The number of halogens is 2. The minimum Gasteiger partial charge on any atom is -0.469 e. The Morgan fingerprint density at radius 2 is 2.40 bits per heavy atom. The molecule has 3 aliphatic rings. The number of hydrogen-bond acceptors (Lipinski definition) is 4. The average molecular weight is 340 g/mol. The zero-order valence-electron chi connectivity index (χ0n) is 7.83. The van der Waals surface area contributed by atoms with Crippen LogP contribution in [-0.4, -0.2) is 29.5 Å². The lowest BCUT2D eigenvalue weighted by Crippen LogP contribution is -2.55. The quantitative estimate of drug-likeness (QED) is 0.537. The van der Waals surface area contributed by atoms with Crippen molar-refractivity contribution in [3.05, 3.63) is 10.6 Å². The summed E-state index contributed by atoms with van der Waals surface area (Å²) in [5.74, 6) is -1.35. The highest BCUT2D eigenvalue weighted by Crippen LogP contribution is 2.47. The van der Waals surface area contributed by atoms with Gasteiger partial charge in [0.2, 0.25) is 0 Å². The molecule has 2 aliphatic heterocycles. The second-order valence-electron chi connectivity index (χ2n) is 3.50. The highest BCUT2D eigenvalue weighted by atomic mass is 79.9. The smallest absolute Gasteiger partial charge is 0.328 e. The lowest BCUT2D eigenvalue weighted by Gasteiger charge is -2.42. The molecular weight excluding hydrogens is 332 g/mol. The Kier molecular flexibility index (Phi) is 2.66. The second-order valence-corrected chi connectivity index (χ2v) is 5.73. The van der Waals surface area contributed by atoms with E-state index in [9.17, 15) is 9.59 Å². The Morgan fingerprint density at radius 3 is 3.00 bits per heavy atom. The molecule has 4 nitrogen and oxygen atoms in total. The molecule has 0 unspecified atom stereocenters. The van der Waals surface area contributed by atoms with Crippen molar-refractivity contribution in [1.82, 2.24) is 0 Å². The fraction of sp³-hybridized carbons (Fsp3) is 0.556. The van der Waals surface area contributed by atoms with E-state index in [4.69, 9.17) is 4.74 Å². The number of carbonyl (C=O) groups is 2. The number of methoxy groups -OCH3 is 1. The van der Waals surface area contributed by atoms with E-state index in [0.717, 1.165) is 4.48 Å². The number of rotatable bonds is 1. The van der Waals surface area contributed by atoms with Gasteiger partial charge in [0, 0.05) is 10.9 Å². The first kappa shape index (κ1) is 11.1. The molecule has 2 heterocycles. The van der Waals surface area contributed by atoms with Crippen LogP contribution in [0.4, 0.5) is 0 Å². The van der Waals surface area contributed by atoms with Crippen LogP contribution >= 0.6 is 31.9 Å². The topological polar surface area (TPSA) is 52.6 Å². The molecule has 1 saturated heterocycles. The molecule has 0 amide bonds. The molecule has 0 aromatic heterocycles. The van der Waals surface area contributed by atoms with Crippen LogP contribution in [-0.2, 0) is 19.1 Å². The molecule has 82 valence electrons. The summed E-state index contributed by atoms with van der Waals surface area (Å²) in [6, 6.07) is 0. The monoisotopic (exact) mass is 338 g/mol. The normalized spacial score (nSPS) is 38.3. The van der Waals surface area contributed by atoms with Gasteiger partial charge >= 0.3 is 11.9 Å². The van der Waals surface area contributed by atoms with Crippen LogP contribution in [0.15, 0.2) is 10.6 Å². The van der Waals surface area contributed by atoms with Gasteiger partial charge in [-0.15, -0.1) is 0 Å². The Bertz CT molecular complexity index is 365. The molecule has 3 rings (SSSR count). The summed E-state index contributed by atoms with van der Waals surface area (Å²) in [5.41, 5.74) is 0. The molecular formula is C9H8Br2O4. The predicted molar refractivity (Wildman–Crippen MR) is 58.7 cm³/mol. The van der Waals surface area contributed by atoms with Gasteiger partial charge in [0.15, 0.2) is 4.32 Å². The van der Waals surface area contributed by atoms with Gasteiger partial charge in [-0.05, 0) is 6.08 Å². The van der Waals surface area contributed by atoms with E-state index in [-0.39, 0.29) is 6.10 Å². The third-order valence-electron chi connectivity index (χ3n) is 2.66. The maximum Gasteiger partial charge on any atom is 0.328 e. The summed E-state index contributed by atoms with van der Waals surface area (Å²) >= 11 is 6.57. The summed E-state index contributed by atoms with van der Waals surface area (Å²) in [4.78, 5) is 23.1. The van der Waals surface area contributed by atoms with Gasteiger partial charge in [-0.3, -0.25) is 9.59 Å². The Balaban J connectivity index is 2.41. The molecule has 3 atom stereocenters. The average Bonchev–Trinajstić information content (AvgIpc) is 2.19. The Labute approximate surface area is 103 Å². The van der Waals surface area contributed by atoms with Crippen LogP contribution in [0, 0.1) is 5.92 Å². The summed E-state index contributed by atoms with van der Waals surface area (Å²) in [6.07, 6.45) is 1.76. The van der Waals surface area contributed by atoms with Gasteiger partial charge in [0.1, 0.15) is 6.10 Å². The number of hydrogen-bond donors (Lipinski definition) is 0. The molecule has 0 spiro atoms. The first-order valence-corrected chi connectivity index (χ1v) is 5.93. The van der Waals surface area contributed by atoms with Gasteiger partial charge in [0.25, 0.3) is 0 Å². The summed E-state index contributed by atoms with van der Waals surface area (Å²) in [5, 5.41) is 0. The highest BCUT2D eigenvalue weighted by Gasteiger charge is 2.57. The van der Waals surface area contributed by atoms with Crippen molar-refractivity contribution in [2.45, 2.75) is 16.8 Å². The van der Waals surface area contributed by atoms with E-state index in [1.54, 1.807) is 6.08 Å². The van der Waals surface area contributed by atoms with Crippen molar-refractivity contribution >= 4 is 43.8 Å². The van der Waals surface area contributed by atoms with E-state index in [1.807, 2.05) is 0 Å². The van der Waals surface area contributed by atoms with Crippen molar-refractivity contribution in [2.75, 3.05) is 7.11 Å². The van der Waals surface area contributed by atoms with Gasteiger partial charge in [-0.1, -0.05) is 31.9 Å². The third kappa shape index (κ3) is 1.54. The van der Waals surface area contributed by atoms with Crippen molar-refractivity contribution in [3.63, 3.8) is 0 Å². The van der Waals surface area contributed by atoms with E-state index in [1.165, 1.54) is 7.11 Å². The van der Waals surface area contributed by atoms with Crippen LogP contribution in [0.25, 0.3) is 0 Å². The van der Waals surface area contributed by atoms with Crippen molar-refractivity contribution in [1.29, 1.82) is 0 Å². The summed E-state index contributed by atoms with van der Waals surface area (Å²) < 4.78 is 9.50. The van der Waals surface area contributed by atoms with E-state index in [0.29, 0.717) is 6.42 Å². The van der Waals surface area contributed by atoms with E-state index >= 15 is 0 Å². The molecule has 0 aromatic carbocycles. The van der Waals surface area contributed by atoms with Crippen LogP contribution in [0.1, 0.15) is 6.42 Å². The first-order valence-electron chi connectivity index (χ1n) is 4.35. The highest BCUT2D eigenvalue weighted by molar-refractivity contribution is 9.12. The van der Waals surface area contributed by atoms with Gasteiger partial charge in [-0.25, -0.2) is 0 Å². The fourth-order valence-electron chi connectivity index (χ4n) is 1.83. The molecule has 2 bridgehead atoms. The molecule has 15 heavy (non-hydrogen) atoms. The number of esters is 2. The van der Waals surface area contributed by atoms with Crippen LogP contribution in [0.5, 0.6) is 0 Å². The maximum absolute atomic E-state index is 11.6. The van der Waals surface area contributed by atoms with Gasteiger partial charge in [0.05, 0.1) is 13.0 Å². The SMILES string of the molecule is COC(=O)[C@H]1C[C@@H]2OC(=O)[C@@]1(Br)C=C2Br. The standard InChI is InChI=1S/C9H8Br2O4/c1-14-7(12)4-2-6-5(10)3-9(4,11)8(13)15-6/h3-4,6H,2H2,1H3/t4-,6+,9-/m1/s1. The minimum absolute atomic E-state index is 0.360. The maximum atomic E-state index is 11.6. The Hall–Kier alpha value is -0.360. The third-order valence-corrected chi connectivity index (χ3v) is 4.51. The number of fused-ring (bicyclic) bond motifs is 2. The fourth-order valence-corrected chi connectivity index (χ4v) is 3.49. The Morgan fingerprint density at radius 1 is 1.73 bits per heavy atom. The number of ether oxygens (including phenoxy) is 2. The predicted octanol–water partition coefficient (Wildman–Crippen LogP) is 1.52. The summed E-state index contributed by atoms with van der Waals surface area (Å²) in [6.45, 7) is 0.